The molecular formula is C16H20N2O2. The highest BCUT2D eigenvalue weighted by Crippen LogP contribution is 2.15. The second-order valence-corrected chi connectivity index (χ2v) is 5.12. The predicted octanol–water partition coefficient (Wildman–Crippen LogP) is 3.83. The normalized spacial score (nSPS) is 10.4. The van der Waals surface area contributed by atoms with Crippen LogP contribution in [0.3, 0.4) is 0 Å². The standard InChI is InChI=1S/C16H20N2O2/c1-10-5-11(2)7-15(6-10)18-16(19)17-9-14-8-12(3)20-13(14)4/h5-8H,9H2,1-4H3,(H2,17,18,19). The zero-order valence-electron chi connectivity index (χ0n) is 12.3. The molecule has 0 spiro atoms. The summed E-state index contributed by atoms with van der Waals surface area (Å²) in [7, 11) is 0. The van der Waals surface area contributed by atoms with Crippen molar-refractivity contribution in [2.75, 3.05) is 5.32 Å². The van der Waals surface area contributed by atoms with E-state index in [0.717, 1.165) is 33.9 Å². The van der Waals surface area contributed by atoms with E-state index in [2.05, 4.69) is 16.7 Å². The summed E-state index contributed by atoms with van der Waals surface area (Å²) in [6.07, 6.45) is 0. The van der Waals surface area contributed by atoms with Gasteiger partial charge in [-0.25, -0.2) is 4.79 Å². The maximum atomic E-state index is 11.9. The first kappa shape index (κ1) is 14.2. The van der Waals surface area contributed by atoms with Crippen LogP contribution in [0.5, 0.6) is 0 Å². The molecule has 0 saturated heterocycles. The molecule has 0 fully saturated rings. The topological polar surface area (TPSA) is 54.3 Å². The number of carbonyl (C=O) groups excluding carboxylic acids is 1. The lowest BCUT2D eigenvalue weighted by atomic mass is 10.1. The summed E-state index contributed by atoms with van der Waals surface area (Å²) >= 11 is 0. The van der Waals surface area contributed by atoms with E-state index in [1.54, 1.807) is 0 Å². The molecule has 4 heteroatoms. The van der Waals surface area contributed by atoms with Gasteiger partial charge in [-0.3, -0.25) is 0 Å². The molecule has 0 aliphatic carbocycles. The minimum absolute atomic E-state index is 0.215. The molecule has 1 aromatic carbocycles. The summed E-state index contributed by atoms with van der Waals surface area (Å²) in [6.45, 7) is 8.26. The van der Waals surface area contributed by atoms with E-state index in [1.807, 2.05) is 45.9 Å². The molecule has 2 N–H and O–H groups in total. The Hall–Kier alpha value is -2.23. The Morgan fingerprint density at radius 1 is 1.05 bits per heavy atom. The second kappa shape index (κ2) is 5.82. The fourth-order valence-corrected chi connectivity index (χ4v) is 2.26. The highest BCUT2D eigenvalue weighted by molar-refractivity contribution is 5.89. The highest BCUT2D eigenvalue weighted by atomic mass is 16.3. The molecule has 0 saturated carbocycles. The Morgan fingerprint density at radius 2 is 1.70 bits per heavy atom. The number of amides is 2. The Kier molecular flexibility index (Phi) is 4.13. The number of hydrogen-bond donors (Lipinski definition) is 2. The van der Waals surface area contributed by atoms with E-state index in [0.29, 0.717) is 6.54 Å². The minimum atomic E-state index is -0.215. The van der Waals surface area contributed by atoms with E-state index in [1.165, 1.54) is 0 Å². The third-order valence-electron chi connectivity index (χ3n) is 3.06. The number of urea groups is 1. The minimum Gasteiger partial charge on any atom is -0.466 e. The first-order valence-electron chi connectivity index (χ1n) is 6.63. The molecule has 2 amide bonds. The van der Waals surface area contributed by atoms with Gasteiger partial charge in [-0.15, -0.1) is 0 Å². The maximum Gasteiger partial charge on any atom is 0.319 e. The smallest absolute Gasteiger partial charge is 0.319 e. The monoisotopic (exact) mass is 272 g/mol. The lowest BCUT2D eigenvalue weighted by Gasteiger charge is -2.09. The molecular weight excluding hydrogens is 252 g/mol. The van der Waals surface area contributed by atoms with Crippen molar-refractivity contribution in [3.05, 3.63) is 52.5 Å². The van der Waals surface area contributed by atoms with Gasteiger partial charge < -0.3 is 15.1 Å². The number of hydrogen-bond acceptors (Lipinski definition) is 2. The third kappa shape index (κ3) is 3.63. The molecule has 0 atom stereocenters. The largest absolute Gasteiger partial charge is 0.466 e. The van der Waals surface area contributed by atoms with E-state index in [9.17, 15) is 4.79 Å². The summed E-state index contributed by atoms with van der Waals surface area (Å²) in [4.78, 5) is 11.9. The summed E-state index contributed by atoms with van der Waals surface area (Å²) in [5, 5.41) is 5.67. The van der Waals surface area contributed by atoms with Gasteiger partial charge in [-0.1, -0.05) is 6.07 Å². The van der Waals surface area contributed by atoms with E-state index < -0.39 is 0 Å². The molecule has 20 heavy (non-hydrogen) atoms. The Morgan fingerprint density at radius 3 is 2.25 bits per heavy atom. The number of anilines is 1. The highest BCUT2D eigenvalue weighted by Gasteiger charge is 2.07. The fourth-order valence-electron chi connectivity index (χ4n) is 2.26. The molecule has 1 aromatic heterocycles. The van der Waals surface area contributed by atoms with Crippen LogP contribution in [0.15, 0.2) is 28.7 Å². The third-order valence-corrected chi connectivity index (χ3v) is 3.06. The van der Waals surface area contributed by atoms with Crippen molar-refractivity contribution in [1.29, 1.82) is 0 Å². The molecule has 4 nitrogen and oxygen atoms in total. The number of nitrogens with one attached hydrogen (secondary N) is 2. The van der Waals surface area contributed by atoms with Gasteiger partial charge in [0.1, 0.15) is 11.5 Å². The van der Waals surface area contributed by atoms with Crippen molar-refractivity contribution in [2.45, 2.75) is 34.2 Å². The molecule has 0 aliphatic rings. The fraction of sp³-hybridized carbons (Fsp3) is 0.312. The predicted molar refractivity (Wildman–Crippen MR) is 80.0 cm³/mol. The van der Waals surface area contributed by atoms with Crippen LogP contribution in [0.2, 0.25) is 0 Å². The van der Waals surface area contributed by atoms with Crippen molar-refractivity contribution < 1.29 is 9.21 Å². The average molecular weight is 272 g/mol. The quantitative estimate of drug-likeness (QED) is 0.892. The van der Waals surface area contributed by atoms with Crippen molar-refractivity contribution in [1.82, 2.24) is 5.32 Å². The van der Waals surface area contributed by atoms with Crippen molar-refractivity contribution >= 4 is 11.7 Å². The number of aryl methyl sites for hydroxylation is 4. The molecule has 0 radical (unpaired) electrons. The molecule has 2 aromatic rings. The molecule has 1 heterocycles. The Bertz CT molecular complexity index is 609. The molecule has 2 rings (SSSR count). The lowest BCUT2D eigenvalue weighted by molar-refractivity contribution is 0.251. The lowest BCUT2D eigenvalue weighted by Crippen LogP contribution is -2.28. The van der Waals surface area contributed by atoms with Gasteiger partial charge in [0.2, 0.25) is 0 Å². The van der Waals surface area contributed by atoms with Crippen LogP contribution in [-0.2, 0) is 6.54 Å². The van der Waals surface area contributed by atoms with Gasteiger partial charge in [0.25, 0.3) is 0 Å². The maximum absolute atomic E-state index is 11.9. The van der Waals surface area contributed by atoms with Gasteiger partial charge in [-0.05, 0) is 57.0 Å². The second-order valence-electron chi connectivity index (χ2n) is 5.12. The summed E-state index contributed by atoms with van der Waals surface area (Å²) in [5.74, 6) is 1.70. The number of benzene rings is 1. The van der Waals surface area contributed by atoms with Crippen molar-refractivity contribution in [3.63, 3.8) is 0 Å². The van der Waals surface area contributed by atoms with Crippen LogP contribution in [0.4, 0.5) is 10.5 Å². The molecule has 106 valence electrons. The summed E-state index contributed by atoms with van der Waals surface area (Å²) < 4.78 is 5.42. The average Bonchev–Trinajstić information content (AvgIpc) is 2.64. The van der Waals surface area contributed by atoms with Gasteiger partial charge in [0.15, 0.2) is 0 Å². The van der Waals surface area contributed by atoms with E-state index in [-0.39, 0.29) is 6.03 Å². The van der Waals surface area contributed by atoms with Crippen LogP contribution in [0, 0.1) is 27.7 Å². The number of rotatable bonds is 3. The van der Waals surface area contributed by atoms with Crippen LogP contribution >= 0.6 is 0 Å². The van der Waals surface area contributed by atoms with E-state index >= 15 is 0 Å². The van der Waals surface area contributed by atoms with Gasteiger partial charge >= 0.3 is 6.03 Å². The van der Waals surface area contributed by atoms with Crippen LogP contribution in [0.1, 0.15) is 28.2 Å². The molecule has 0 aliphatic heterocycles. The first-order chi connectivity index (χ1) is 9.44. The molecule has 0 bridgehead atoms. The zero-order valence-corrected chi connectivity index (χ0v) is 12.3. The SMILES string of the molecule is Cc1cc(C)cc(NC(=O)NCc2cc(C)oc2C)c1. The van der Waals surface area contributed by atoms with Crippen molar-refractivity contribution in [3.8, 4) is 0 Å². The van der Waals surface area contributed by atoms with Crippen LogP contribution in [0.25, 0.3) is 0 Å². The Balaban J connectivity index is 1.94. The Labute approximate surface area is 119 Å². The zero-order chi connectivity index (χ0) is 14.7. The molecule has 0 unspecified atom stereocenters. The van der Waals surface area contributed by atoms with Gasteiger partial charge in [-0.2, -0.15) is 0 Å². The van der Waals surface area contributed by atoms with Crippen LogP contribution < -0.4 is 10.6 Å². The van der Waals surface area contributed by atoms with Gasteiger partial charge in [0, 0.05) is 17.8 Å². The van der Waals surface area contributed by atoms with Gasteiger partial charge in [0.05, 0.1) is 0 Å². The number of furan rings is 1. The van der Waals surface area contributed by atoms with Crippen molar-refractivity contribution in [2.24, 2.45) is 0 Å². The number of carbonyl (C=O) groups is 1. The van der Waals surface area contributed by atoms with E-state index in [4.69, 9.17) is 4.42 Å². The van der Waals surface area contributed by atoms with Crippen LogP contribution in [-0.4, -0.2) is 6.03 Å². The first-order valence-corrected chi connectivity index (χ1v) is 6.63. The summed E-state index contributed by atoms with van der Waals surface area (Å²) in [5.41, 5.74) is 4.06. The summed E-state index contributed by atoms with van der Waals surface area (Å²) in [6, 6.07) is 7.68.